The molecule has 2 aromatic rings. The molecular formula is C16H16F3NS. The third-order valence-corrected chi connectivity index (χ3v) is 3.75. The molecule has 0 spiro atoms. The van der Waals surface area contributed by atoms with E-state index in [-0.39, 0.29) is 11.9 Å². The number of thioether (sulfide) groups is 1. The number of halogens is 3. The molecule has 0 saturated carbocycles. The molecule has 1 nitrogen and oxygen atoms in total. The minimum atomic E-state index is -2.44. The van der Waals surface area contributed by atoms with Crippen molar-refractivity contribution < 1.29 is 13.2 Å². The van der Waals surface area contributed by atoms with Crippen LogP contribution in [0.1, 0.15) is 12.5 Å². The average Bonchev–Trinajstić information content (AvgIpc) is 2.43. The summed E-state index contributed by atoms with van der Waals surface area (Å²) in [4.78, 5) is 0.526. The van der Waals surface area contributed by atoms with E-state index in [9.17, 15) is 13.2 Å². The van der Waals surface area contributed by atoms with Crippen LogP contribution in [0.2, 0.25) is 0 Å². The Bertz CT molecular complexity index is 572. The Labute approximate surface area is 126 Å². The third-order valence-electron chi connectivity index (χ3n) is 2.96. The normalized spacial score (nSPS) is 12.4. The highest BCUT2D eigenvalue weighted by Gasteiger charge is 2.11. The molecule has 0 aliphatic carbocycles. The van der Waals surface area contributed by atoms with E-state index in [0.717, 1.165) is 5.56 Å². The Balaban J connectivity index is 2.02. The SMILES string of the molecule is CC(Cc1ccc(F)cc1)Nc1ccccc1SC(F)F. The molecule has 0 saturated heterocycles. The number of para-hydroxylation sites is 1. The molecule has 0 radical (unpaired) electrons. The lowest BCUT2D eigenvalue weighted by Crippen LogP contribution is -2.18. The van der Waals surface area contributed by atoms with Gasteiger partial charge in [0.2, 0.25) is 0 Å². The Morgan fingerprint density at radius 2 is 1.71 bits per heavy atom. The van der Waals surface area contributed by atoms with Crippen LogP contribution in [0.15, 0.2) is 53.4 Å². The van der Waals surface area contributed by atoms with Gasteiger partial charge in [-0.1, -0.05) is 36.0 Å². The van der Waals surface area contributed by atoms with Gasteiger partial charge in [0.05, 0.1) is 0 Å². The van der Waals surface area contributed by atoms with Gasteiger partial charge in [-0.2, -0.15) is 8.78 Å². The molecular weight excluding hydrogens is 295 g/mol. The smallest absolute Gasteiger partial charge is 0.288 e. The molecule has 1 N–H and O–H groups in total. The Hall–Kier alpha value is -1.62. The maximum Gasteiger partial charge on any atom is 0.288 e. The zero-order valence-corrected chi connectivity index (χ0v) is 12.3. The van der Waals surface area contributed by atoms with Crippen LogP contribution < -0.4 is 5.32 Å². The predicted octanol–water partition coefficient (Wildman–Crippen LogP) is 5.18. The highest BCUT2D eigenvalue weighted by atomic mass is 32.2. The second-order valence-corrected chi connectivity index (χ2v) is 5.78. The lowest BCUT2D eigenvalue weighted by Gasteiger charge is -2.18. The van der Waals surface area contributed by atoms with E-state index < -0.39 is 5.76 Å². The van der Waals surface area contributed by atoms with Crippen LogP contribution in [0, 0.1) is 5.82 Å². The van der Waals surface area contributed by atoms with Crippen LogP contribution in [0.5, 0.6) is 0 Å². The lowest BCUT2D eigenvalue weighted by atomic mass is 10.1. The molecule has 5 heteroatoms. The van der Waals surface area contributed by atoms with Gasteiger partial charge >= 0.3 is 0 Å². The number of rotatable bonds is 6. The third kappa shape index (κ3) is 5.01. The van der Waals surface area contributed by atoms with Crippen molar-refractivity contribution in [3.63, 3.8) is 0 Å². The molecule has 2 rings (SSSR count). The minimum Gasteiger partial charge on any atom is -0.381 e. The first kappa shape index (κ1) is 15.8. The Morgan fingerprint density at radius 3 is 2.38 bits per heavy atom. The van der Waals surface area contributed by atoms with Crippen LogP contribution in [0.25, 0.3) is 0 Å². The van der Waals surface area contributed by atoms with Crippen LogP contribution in [-0.2, 0) is 6.42 Å². The summed E-state index contributed by atoms with van der Waals surface area (Å²) >= 11 is 0.530. The summed E-state index contributed by atoms with van der Waals surface area (Å²) in [6.07, 6.45) is 0.688. The molecule has 112 valence electrons. The molecule has 0 aliphatic heterocycles. The van der Waals surface area contributed by atoms with Crippen molar-refractivity contribution in [3.8, 4) is 0 Å². The standard InChI is InChI=1S/C16H16F3NS/c1-11(10-12-6-8-13(17)9-7-12)20-14-4-2-3-5-15(14)21-16(18)19/h2-9,11,16,20H,10H2,1H3. The van der Waals surface area contributed by atoms with Gasteiger partial charge in [-0.15, -0.1) is 0 Å². The maximum absolute atomic E-state index is 12.9. The van der Waals surface area contributed by atoms with Gasteiger partial charge in [-0.05, 0) is 43.2 Å². The van der Waals surface area contributed by atoms with Crippen LogP contribution in [-0.4, -0.2) is 11.8 Å². The van der Waals surface area contributed by atoms with Crippen molar-refractivity contribution in [3.05, 3.63) is 59.9 Å². The molecule has 0 aromatic heterocycles. The number of anilines is 1. The molecule has 0 heterocycles. The fraction of sp³-hybridized carbons (Fsp3) is 0.250. The quantitative estimate of drug-likeness (QED) is 0.737. The van der Waals surface area contributed by atoms with Crippen molar-refractivity contribution in [2.45, 2.75) is 30.0 Å². The van der Waals surface area contributed by atoms with E-state index in [0.29, 0.717) is 28.8 Å². The largest absolute Gasteiger partial charge is 0.381 e. The summed E-state index contributed by atoms with van der Waals surface area (Å²) in [5, 5.41) is 3.23. The first-order chi connectivity index (χ1) is 10.0. The Morgan fingerprint density at radius 1 is 1.05 bits per heavy atom. The highest BCUT2D eigenvalue weighted by molar-refractivity contribution is 7.99. The van der Waals surface area contributed by atoms with Crippen molar-refractivity contribution in [2.24, 2.45) is 0 Å². The van der Waals surface area contributed by atoms with Crippen molar-refractivity contribution in [1.82, 2.24) is 0 Å². The lowest BCUT2D eigenvalue weighted by molar-refractivity contribution is 0.252. The van der Waals surface area contributed by atoms with E-state index in [2.05, 4.69) is 5.32 Å². The van der Waals surface area contributed by atoms with Crippen molar-refractivity contribution in [1.29, 1.82) is 0 Å². The second-order valence-electron chi connectivity index (χ2n) is 4.75. The monoisotopic (exact) mass is 311 g/mol. The van der Waals surface area contributed by atoms with Crippen LogP contribution in [0.3, 0.4) is 0 Å². The number of alkyl halides is 2. The van der Waals surface area contributed by atoms with E-state index in [1.54, 1.807) is 30.3 Å². The molecule has 21 heavy (non-hydrogen) atoms. The first-order valence-electron chi connectivity index (χ1n) is 6.59. The molecule has 0 amide bonds. The molecule has 0 bridgehead atoms. The topological polar surface area (TPSA) is 12.0 Å². The fourth-order valence-corrected chi connectivity index (χ4v) is 2.68. The minimum absolute atomic E-state index is 0.0508. The molecule has 0 fully saturated rings. The summed E-state index contributed by atoms with van der Waals surface area (Å²) in [6.45, 7) is 1.97. The summed E-state index contributed by atoms with van der Waals surface area (Å²) in [6, 6.07) is 13.3. The number of benzene rings is 2. The van der Waals surface area contributed by atoms with E-state index in [1.807, 2.05) is 13.0 Å². The van der Waals surface area contributed by atoms with Crippen LogP contribution in [0.4, 0.5) is 18.9 Å². The summed E-state index contributed by atoms with van der Waals surface area (Å²) in [7, 11) is 0. The highest BCUT2D eigenvalue weighted by Crippen LogP contribution is 2.32. The molecule has 1 atom stereocenters. The fourth-order valence-electron chi connectivity index (χ4n) is 2.08. The van der Waals surface area contributed by atoms with E-state index >= 15 is 0 Å². The van der Waals surface area contributed by atoms with E-state index in [4.69, 9.17) is 0 Å². The van der Waals surface area contributed by atoms with Crippen molar-refractivity contribution in [2.75, 3.05) is 5.32 Å². The molecule has 2 aromatic carbocycles. The molecule has 0 aliphatic rings. The summed E-state index contributed by atoms with van der Waals surface area (Å²) < 4.78 is 37.9. The van der Waals surface area contributed by atoms with Gasteiger partial charge in [-0.3, -0.25) is 0 Å². The average molecular weight is 311 g/mol. The maximum atomic E-state index is 12.9. The number of nitrogens with one attached hydrogen (secondary N) is 1. The van der Waals surface area contributed by atoms with Gasteiger partial charge in [0.1, 0.15) is 5.82 Å². The zero-order chi connectivity index (χ0) is 15.2. The Kier molecular flexibility index (Phi) is 5.56. The molecule has 1 unspecified atom stereocenters. The van der Waals surface area contributed by atoms with E-state index in [1.165, 1.54) is 12.1 Å². The van der Waals surface area contributed by atoms with Gasteiger partial charge in [0.25, 0.3) is 5.76 Å². The van der Waals surface area contributed by atoms with Gasteiger partial charge in [0.15, 0.2) is 0 Å². The zero-order valence-electron chi connectivity index (χ0n) is 11.5. The predicted molar refractivity (Wildman–Crippen MR) is 81.5 cm³/mol. The van der Waals surface area contributed by atoms with Crippen molar-refractivity contribution >= 4 is 17.4 Å². The van der Waals surface area contributed by atoms with Gasteiger partial charge in [-0.25, -0.2) is 4.39 Å². The van der Waals surface area contributed by atoms with Gasteiger partial charge in [0, 0.05) is 16.6 Å². The second kappa shape index (κ2) is 7.41. The first-order valence-corrected chi connectivity index (χ1v) is 7.47. The van der Waals surface area contributed by atoms with Crippen LogP contribution >= 0.6 is 11.8 Å². The number of hydrogen-bond acceptors (Lipinski definition) is 2. The number of hydrogen-bond donors (Lipinski definition) is 1. The summed E-state index contributed by atoms with van der Waals surface area (Å²) in [5.41, 5.74) is 1.69. The summed E-state index contributed by atoms with van der Waals surface area (Å²) in [5.74, 6) is -2.71. The van der Waals surface area contributed by atoms with Gasteiger partial charge < -0.3 is 5.32 Å².